The molecule has 108 valence electrons. The Kier molecular flexibility index (Phi) is 4.15. The first-order chi connectivity index (χ1) is 10.2. The van der Waals surface area contributed by atoms with Gasteiger partial charge in [-0.05, 0) is 42.8 Å². The van der Waals surface area contributed by atoms with Gasteiger partial charge in [0, 0.05) is 29.4 Å². The van der Waals surface area contributed by atoms with Crippen LogP contribution in [0.1, 0.15) is 6.42 Å². The minimum atomic E-state index is -0.0179. The third kappa shape index (κ3) is 3.39. The number of nitrogens with zero attached hydrogens (tertiary/aromatic N) is 3. The number of carbonyl (C=O) groups is 1. The van der Waals surface area contributed by atoms with Crippen molar-refractivity contribution in [3.63, 3.8) is 0 Å². The number of hydrogen-bond acceptors (Lipinski definition) is 4. The maximum Gasteiger partial charge on any atom is 0.229 e. The summed E-state index contributed by atoms with van der Waals surface area (Å²) in [5.41, 5.74) is 0.821. The molecule has 1 aliphatic rings. The number of hydrogen-bond donors (Lipinski definition) is 1. The third-order valence-electron chi connectivity index (χ3n) is 3.55. The molecule has 0 saturated carbocycles. The van der Waals surface area contributed by atoms with Crippen LogP contribution in [-0.4, -0.2) is 29.2 Å². The van der Waals surface area contributed by atoms with Gasteiger partial charge in [0.25, 0.3) is 0 Å². The van der Waals surface area contributed by atoms with Crippen molar-refractivity contribution in [1.82, 2.24) is 10.2 Å². The van der Waals surface area contributed by atoms with Gasteiger partial charge in [-0.1, -0.05) is 15.9 Å². The first-order valence-corrected chi connectivity index (χ1v) is 7.61. The van der Waals surface area contributed by atoms with Crippen LogP contribution >= 0.6 is 15.9 Å². The highest BCUT2D eigenvalue weighted by atomic mass is 79.9. The van der Waals surface area contributed by atoms with Crippen molar-refractivity contribution in [3.05, 3.63) is 47.1 Å². The van der Waals surface area contributed by atoms with Crippen molar-refractivity contribution in [2.75, 3.05) is 23.3 Å². The average molecular weight is 347 g/mol. The zero-order valence-electron chi connectivity index (χ0n) is 11.4. The SMILES string of the molecule is O=C(Nc1ccc(Br)cc1)C1CCN(c2cccnn2)C1. The van der Waals surface area contributed by atoms with Crippen molar-refractivity contribution >= 4 is 33.3 Å². The molecule has 1 fully saturated rings. The summed E-state index contributed by atoms with van der Waals surface area (Å²) in [4.78, 5) is 14.4. The molecule has 1 aliphatic heterocycles. The Morgan fingerprint density at radius 2 is 2.10 bits per heavy atom. The van der Waals surface area contributed by atoms with Gasteiger partial charge in [-0.15, -0.1) is 5.10 Å². The predicted molar refractivity (Wildman–Crippen MR) is 85.1 cm³/mol. The molecular weight excluding hydrogens is 332 g/mol. The Morgan fingerprint density at radius 1 is 1.29 bits per heavy atom. The van der Waals surface area contributed by atoms with Gasteiger partial charge in [0.05, 0.1) is 5.92 Å². The average Bonchev–Trinajstić information content (AvgIpc) is 3.00. The van der Waals surface area contributed by atoms with Gasteiger partial charge < -0.3 is 10.2 Å². The van der Waals surface area contributed by atoms with E-state index in [1.165, 1.54) is 0 Å². The van der Waals surface area contributed by atoms with Crippen LogP contribution < -0.4 is 10.2 Å². The molecule has 0 spiro atoms. The lowest BCUT2D eigenvalue weighted by Crippen LogP contribution is -2.27. The second-order valence-corrected chi connectivity index (χ2v) is 5.93. The van der Waals surface area contributed by atoms with E-state index in [2.05, 4.69) is 36.3 Å². The quantitative estimate of drug-likeness (QED) is 0.928. The molecule has 0 radical (unpaired) electrons. The van der Waals surface area contributed by atoms with Crippen LogP contribution in [0.3, 0.4) is 0 Å². The molecule has 5 nitrogen and oxygen atoms in total. The number of halogens is 1. The lowest BCUT2D eigenvalue weighted by Gasteiger charge is -2.16. The summed E-state index contributed by atoms with van der Waals surface area (Å²) in [6.07, 6.45) is 2.48. The van der Waals surface area contributed by atoms with E-state index < -0.39 is 0 Å². The molecule has 1 saturated heterocycles. The van der Waals surface area contributed by atoms with E-state index in [0.29, 0.717) is 6.54 Å². The van der Waals surface area contributed by atoms with E-state index >= 15 is 0 Å². The van der Waals surface area contributed by atoms with Gasteiger partial charge in [0.15, 0.2) is 5.82 Å². The summed E-state index contributed by atoms with van der Waals surface area (Å²) in [5, 5.41) is 10.9. The summed E-state index contributed by atoms with van der Waals surface area (Å²) in [6, 6.07) is 11.4. The molecule has 3 rings (SSSR count). The number of carbonyl (C=O) groups excluding carboxylic acids is 1. The predicted octanol–water partition coefficient (Wildman–Crippen LogP) is 2.70. The highest BCUT2D eigenvalue weighted by Gasteiger charge is 2.29. The molecular formula is C15H15BrN4O. The Labute approximate surface area is 131 Å². The number of nitrogens with one attached hydrogen (secondary N) is 1. The normalized spacial score (nSPS) is 17.8. The fourth-order valence-electron chi connectivity index (χ4n) is 2.42. The largest absolute Gasteiger partial charge is 0.354 e. The number of aromatic nitrogens is 2. The van der Waals surface area contributed by atoms with Gasteiger partial charge >= 0.3 is 0 Å². The molecule has 6 heteroatoms. The van der Waals surface area contributed by atoms with Gasteiger partial charge in [0.1, 0.15) is 0 Å². The van der Waals surface area contributed by atoms with Crippen LogP contribution in [0.4, 0.5) is 11.5 Å². The summed E-state index contributed by atoms with van der Waals surface area (Å²) >= 11 is 3.38. The van der Waals surface area contributed by atoms with Gasteiger partial charge in [-0.3, -0.25) is 4.79 Å². The molecule has 1 atom stereocenters. The standard InChI is InChI=1S/C15H15BrN4O/c16-12-3-5-13(6-4-12)18-15(21)11-7-9-20(10-11)14-2-1-8-17-19-14/h1-6,8,11H,7,9-10H2,(H,18,21). The molecule has 0 bridgehead atoms. The Hall–Kier alpha value is -1.95. The van der Waals surface area contributed by atoms with Gasteiger partial charge in [0.2, 0.25) is 5.91 Å². The highest BCUT2D eigenvalue weighted by molar-refractivity contribution is 9.10. The monoisotopic (exact) mass is 346 g/mol. The summed E-state index contributed by atoms with van der Waals surface area (Å²) < 4.78 is 0.996. The van der Waals surface area contributed by atoms with Crippen molar-refractivity contribution < 1.29 is 4.79 Å². The maximum atomic E-state index is 12.3. The number of amides is 1. The minimum Gasteiger partial charge on any atom is -0.354 e. The fraction of sp³-hybridized carbons (Fsp3) is 0.267. The highest BCUT2D eigenvalue weighted by Crippen LogP contribution is 2.23. The number of rotatable bonds is 3. The van der Waals surface area contributed by atoms with Crippen LogP contribution in [0.5, 0.6) is 0 Å². The van der Waals surface area contributed by atoms with E-state index in [-0.39, 0.29) is 11.8 Å². The van der Waals surface area contributed by atoms with E-state index in [1.807, 2.05) is 36.4 Å². The Morgan fingerprint density at radius 3 is 2.81 bits per heavy atom. The van der Waals surface area contributed by atoms with Crippen LogP contribution in [0, 0.1) is 5.92 Å². The molecule has 1 unspecified atom stereocenters. The second kappa shape index (κ2) is 6.22. The molecule has 1 aromatic carbocycles. The smallest absolute Gasteiger partial charge is 0.229 e. The lowest BCUT2D eigenvalue weighted by molar-refractivity contribution is -0.119. The van der Waals surface area contributed by atoms with Crippen LogP contribution in [0.2, 0.25) is 0 Å². The second-order valence-electron chi connectivity index (χ2n) is 5.01. The van der Waals surface area contributed by atoms with Crippen molar-refractivity contribution in [1.29, 1.82) is 0 Å². The Balaban J connectivity index is 1.61. The van der Waals surface area contributed by atoms with Crippen molar-refractivity contribution in [2.24, 2.45) is 5.92 Å². The van der Waals surface area contributed by atoms with E-state index in [9.17, 15) is 4.79 Å². The lowest BCUT2D eigenvalue weighted by atomic mass is 10.1. The zero-order chi connectivity index (χ0) is 14.7. The van der Waals surface area contributed by atoms with E-state index in [4.69, 9.17) is 0 Å². The summed E-state index contributed by atoms with van der Waals surface area (Å²) in [7, 11) is 0. The minimum absolute atomic E-state index is 0.0179. The molecule has 1 N–H and O–H groups in total. The molecule has 2 heterocycles. The van der Waals surface area contributed by atoms with Crippen LogP contribution in [-0.2, 0) is 4.79 Å². The molecule has 21 heavy (non-hydrogen) atoms. The van der Waals surface area contributed by atoms with Crippen molar-refractivity contribution in [2.45, 2.75) is 6.42 Å². The number of benzene rings is 1. The fourth-order valence-corrected chi connectivity index (χ4v) is 2.69. The van der Waals surface area contributed by atoms with E-state index in [1.54, 1.807) is 6.20 Å². The first-order valence-electron chi connectivity index (χ1n) is 6.81. The first kappa shape index (κ1) is 14.0. The molecule has 0 aliphatic carbocycles. The van der Waals surface area contributed by atoms with Crippen molar-refractivity contribution in [3.8, 4) is 0 Å². The summed E-state index contributed by atoms with van der Waals surface area (Å²) in [6.45, 7) is 1.51. The summed E-state index contributed by atoms with van der Waals surface area (Å²) in [5.74, 6) is 0.871. The van der Waals surface area contributed by atoms with Gasteiger partial charge in [-0.25, -0.2) is 0 Å². The van der Waals surface area contributed by atoms with E-state index in [0.717, 1.165) is 28.9 Å². The topological polar surface area (TPSA) is 58.1 Å². The number of anilines is 2. The van der Waals surface area contributed by atoms with Crippen LogP contribution in [0.15, 0.2) is 47.1 Å². The molecule has 2 aromatic rings. The zero-order valence-corrected chi connectivity index (χ0v) is 13.0. The molecule has 1 aromatic heterocycles. The maximum absolute atomic E-state index is 12.3. The Bertz CT molecular complexity index is 617. The molecule has 1 amide bonds. The third-order valence-corrected chi connectivity index (χ3v) is 4.08. The van der Waals surface area contributed by atoms with Gasteiger partial charge in [-0.2, -0.15) is 5.10 Å². The van der Waals surface area contributed by atoms with Crippen LogP contribution in [0.25, 0.3) is 0 Å².